The third-order valence-corrected chi connectivity index (χ3v) is 2.41. The van der Waals surface area contributed by atoms with Crippen LogP contribution in [0.5, 0.6) is 0 Å². The van der Waals surface area contributed by atoms with Crippen molar-refractivity contribution in [2.45, 2.75) is 51.4 Å². The van der Waals surface area contributed by atoms with Gasteiger partial charge in [-0.05, 0) is 33.6 Å². The van der Waals surface area contributed by atoms with E-state index < -0.39 is 11.7 Å². The molecule has 0 saturated carbocycles. The van der Waals surface area contributed by atoms with Crippen LogP contribution in [0.1, 0.15) is 33.6 Å². The van der Waals surface area contributed by atoms with E-state index in [0.717, 1.165) is 12.8 Å². The molecule has 0 spiro atoms. The Labute approximate surface area is 103 Å². The normalized spacial score (nSPS) is 25.2. The molecule has 1 rings (SSSR count). The van der Waals surface area contributed by atoms with Crippen molar-refractivity contribution in [1.29, 1.82) is 0 Å². The quantitative estimate of drug-likeness (QED) is 0.695. The van der Waals surface area contributed by atoms with Crippen LogP contribution >= 0.6 is 0 Å². The summed E-state index contributed by atoms with van der Waals surface area (Å²) in [5, 5.41) is 1.26. The highest BCUT2D eigenvalue weighted by molar-refractivity contribution is 5.67. The molecule has 2 atom stereocenters. The number of carbonyl (C=O) groups is 1. The molecule has 1 amide bonds. The molecule has 2 unspecified atom stereocenters. The standard InChI is InChI=1S/C13H21NO3/c1-6-10-8-9-11(7-2)17-14(10)12(15)16-13(3,4)5/h6-7,10-11H,1-2,8-9H2,3-5H3. The van der Waals surface area contributed by atoms with Gasteiger partial charge in [-0.2, -0.15) is 5.06 Å². The molecule has 0 aromatic rings. The zero-order valence-corrected chi connectivity index (χ0v) is 10.8. The molecule has 1 heterocycles. The Bertz CT molecular complexity index is 306. The van der Waals surface area contributed by atoms with Crippen molar-refractivity contribution in [1.82, 2.24) is 5.06 Å². The van der Waals surface area contributed by atoms with Crippen LogP contribution < -0.4 is 0 Å². The highest BCUT2D eigenvalue weighted by Crippen LogP contribution is 2.23. The van der Waals surface area contributed by atoms with Gasteiger partial charge in [0.05, 0.1) is 6.04 Å². The lowest BCUT2D eigenvalue weighted by Crippen LogP contribution is -2.47. The fourth-order valence-electron chi connectivity index (χ4n) is 1.59. The zero-order chi connectivity index (χ0) is 13.1. The molecule has 0 aliphatic carbocycles. The Morgan fingerprint density at radius 3 is 2.47 bits per heavy atom. The predicted molar refractivity (Wildman–Crippen MR) is 66.4 cm³/mol. The van der Waals surface area contributed by atoms with E-state index in [1.54, 1.807) is 12.2 Å². The molecule has 1 aliphatic rings. The molecule has 1 saturated heterocycles. The molecule has 1 fully saturated rings. The zero-order valence-electron chi connectivity index (χ0n) is 10.8. The topological polar surface area (TPSA) is 38.8 Å². The van der Waals surface area contributed by atoms with E-state index in [1.165, 1.54) is 5.06 Å². The van der Waals surface area contributed by atoms with Gasteiger partial charge in [-0.15, -0.1) is 13.2 Å². The number of ether oxygens (including phenoxy) is 1. The summed E-state index contributed by atoms with van der Waals surface area (Å²) in [5.41, 5.74) is -0.534. The van der Waals surface area contributed by atoms with E-state index in [1.807, 2.05) is 20.8 Å². The monoisotopic (exact) mass is 239 g/mol. The lowest BCUT2D eigenvalue weighted by atomic mass is 10.1. The fraction of sp³-hybridized carbons (Fsp3) is 0.615. The van der Waals surface area contributed by atoms with Crippen molar-refractivity contribution in [3.63, 3.8) is 0 Å². The lowest BCUT2D eigenvalue weighted by molar-refractivity contribution is -0.206. The Kier molecular flexibility index (Phi) is 4.34. The summed E-state index contributed by atoms with van der Waals surface area (Å²) < 4.78 is 5.28. The molecule has 4 heteroatoms. The van der Waals surface area contributed by atoms with Crippen LogP contribution in [-0.4, -0.2) is 28.9 Å². The second-order valence-corrected chi connectivity index (χ2v) is 5.07. The van der Waals surface area contributed by atoms with Gasteiger partial charge in [0.2, 0.25) is 0 Å². The minimum Gasteiger partial charge on any atom is -0.442 e. The van der Waals surface area contributed by atoms with Crippen LogP contribution in [0.3, 0.4) is 0 Å². The van der Waals surface area contributed by atoms with E-state index >= 15 is 0 Å². The van der Waals surface area contributed by atoms with Gasteiger partial charge in [0.25, 0.3) is 0 Å². The van der Waals surface area contributed by atoms with Gasteiger partial charge in [0.15, 0.2) is 0 Å². The highest BCUT2D eigenvalue weighted by Gasteiger charge is 2.33. The molecule has 0 aromatic carbocycles. The summed E-state index contributed by atoms with van der Waals surface area (Å²) in [6, 6.07) is -0.138. The van der Waals surface area contributed by atoms with E-state index in [0.29, 0.717) is 0 Å². The maximum absolute atomic E-state index is 11.9. The average Bonchev–Trinajstić information content (AvgIpc) is 2.25. The van der Waals surface area contributed by atoms with Crippen LogP contribution in [0, 0.1) is 0 Å². The summed E-state index contributed by atoms with van der Waals surface area (Å²) in [6.45, 7) is 12.8. The van der Waals surface area contributed by atoms with Crippen molar-refractivity contribution >= 4 is 6.09 Å². The Balaban J connectivity index is 2.72. The van der Waals surface area contributed by atoms with Crippen molar-refractivity contribution in [2.24, 2.45) is 0 Å². The van der Waals surface area contributed by atoms with E-state index in [9.17, 15) is 4.79 Å². The molecular formula is C13H21NO3. The first-order valence-corrected chi connectivity index (χ1v) is 5.81. The Morgan fingerprint density at radius 1 is 1.35 bits per heavy atom. The summed E-state index contributed by atoms with van der Waals surface area (Å²) >= 11 is 0. The molecule has 0 aromatic heterocycles. The predicted octanol–water partition coefficient (Wildman–Crippen LogP) is 3.06. The fourth-order valence-corrected chi connectivity index (χ4v) is 1.59. The molecule has 0 N–H and O–H groups in total. The van der Waals surface area contributed by atoms with Crippen LogP contribution in [0.25, 0.3) is 0 Å². The number of hydrogen-bond donors (Lipinski definition) is 0. The van der Waals surface area contributed by atoms with E-state index in [-0.39, 0.29) is 12.1 Å². The minimum absolute atomic E-state index is 0.138. The van der Waals surface area contributed by atoms with Crippen LogP contribution in [0.15, 0.2) is 25.3 Å². The summed E-state index contributed by atoms with van der Waals surface area (Å²) in [6.07, 6.45) is 4.41. The third kappa shape index (κ3) is 3.89. The minimum atomic E-state index is -0.534. The van der Waals surface area contributed by atoms with Crippen molar-refractivity contribution in [3.05, 3.63) is 25.3 Å². The number of nitrogens with zero attached hydrogens (tertiary/aromatic N) is 1. The second kappa shape index (κ2) is 5.36. The van der Waals surface area contributed by atoms with Gasteiger partial charge in [-0.1, -0.05) is 12.2 Å². The van der Waals surface area contributed by atoms with E-state index in [4.69, 9.17) is 9.57 Å². The Morgan fingerprint density at radius 2 is 2.00 bits per heavy atom. The lowest BCUT2D eigenvalue weighted by Gasteiger charge is -2.36. The van der Waals surface area contributed by atoms with Crippen molar-refractivity contribution in [2.75, 3.05) is 0 Å². The average molecular weight is 239 g/mol. The molecular weight excluding hydrogens is 218 g/mol. The number of rotatable bonds is 2. The first-order chi connectivity index (χ1) is 7.87. The van der Waals surface area contributed by atoms with Gasteiger partial charge in [-0.3, -0.25) is 4.84 Å². The van der Waals surface area contributed by atoms with Gasteiger partial charge >= 0.3 is 6.09 Å². The second-order valence-electron chi connectivity index (χ2n) is 5.07. The van der Waals surface area contributed by atoms with Crippen LogP contribution in [0.2, 0.25) is 0 Å². The smallest absolute Gasteiger partial charge is 0.435 e. The van der Waals surface area contributed by atoms with Gasteiger partial charge < -0.3 is 4.74 Å². The van der Waals surface area contributed by atoms with Crippen molar-refractivity contribution < 1.29 is 14.4 Å². The summed E-state index contributed by atoms with van der Waals surface area (Å²) in [5.74, 6) is 0. The molecule has 1 aliphatic heterocycles. The number of amides is 1. The SMILES string of the molecule is C=CC1CCC(C=C)N(C(=O)OC(C)(C)C)O1. The molecule has 0 bridgehead atoms. The van der Waals surface area contributed by atoms with Crippen LogP contribution in [0.4, 0.5) is 4.79 Å². The Hall–Kier alpha value is -1.29. The molecule has 96 valence electrons. The summed E-state index contributed by atoms with van der Waals surface area (Å²) in [7, 11) is 0. The highest BCUT2D eigenvalue weighted by atomic mass is 16.7. The molecule has 4 nitrogen and oxygen atoms in total. The van der Waals surface area contributed by atoms with Gasteiger partial charge in [0.1, 0.15) is 11.7 Å². The maximum atomic E-state index is 11.9. The number of hydrogen-bond acceptors (Lipinski definition) is 3. The van der Waals surface area contributed by atoms with Crippen molar-refractivity contribution in [3.8, 4) is 0 Å². The third-order valence-electron chi connectivity index (χ3n) is 2.41. The maximum Gasteiger partial charge on any atom is 0.435 e. The summed E-state index contributed by atoms with van der Waals surface area (Å²) in [4.78, 5) is 17.5. The van der Waals surface area contributed by atoms with Gasteiger partial charge in [0, 0.05) is 0 Å². The molecule has 17 heavy (non-hydrogen) atoms. The first kappa shape index (κ1) is 13.8. The largest absolute Gasteiger partial charge is 0.442 e. The first-order valence-electron chi connectivity index (χ1n) is 5.81. The van der Waals surface area contributed by atoms with Gasteiger partial charge in [-0.25, -0.2) is 4.79 Å². The van der Waals surface area contributed by atoms with E-state index in [2.05, 4.69) is 13.2 Å². The number of carbonyl (C=O) groups excluding carboxylic acids is 1. The number of hydroxylamine groups is 2. The van der Waals surface area contributed by atoms with Crippen LogP contribution in [-0.2, 0) is 9.57 Å². The molecule has 0 radical (unpaired) electrons.